The van der Waals surface area contributed by atoms with E-state index in [1.165, 1.54) is 0 Å². The van der Waals surface area contributed by atoms with Crippen LogP contribution >= 0.6 is 0 Å². The molecular weight excluding hydrogens is 212 g/mol. The van der Waals surface area contributed by atoms with Gasteiger partial charge >= 0.3 is 0 Å². The Balaban J connectivity index is 1.90. The fourth-order valence-electron chi connectivity index (χ4n) is 2.69. The highest BCUT2D eigenvalue weighted by atomic mass is 15.2. The summed E-state index contributed by atoms with van der Waals surface area (Å²) in [4.78, 5) is 4.51. The first-order valence-electron chi connectivity index (χ1n) is 6.06. The van der Waals surface area contributed by atoms with Crippen molar-refractivity contribution in [3.05, 3.63) is 30.4 Å². The molecule has 0 aliphatic heterocycles. The highest BCUT2D eigenvalue weighted by Crippen LogP contribution is 2.35. The van der Waals surface area contributed by atoms with Crippen LogP contribution in [0.3, 0.4) is 0 Å². The van der Waals surface area contributed by atoms with Crippen molar-refractivity contribution in [2.75, 3.05) is 0 Å². The summed E-state index contributed by atoms with van der Waals surface area (Å²) in [6.07, 6.45) is 9.62. The monoisotopic (exact) mass is 226 g/mol. The Kier molecular flexibility index (Phi) is 2.52. The maximum absolute atomic E-state index is 8.91. The van der Waals surface area contributed by atoms with E-state index in [1.54, 1.807) is 6.20 Å². The van der Waals surface area contributed by atoms with E-state index in [9.17, 15) is 0 Å². The second-order valence-corrected chi connectivity index (χ2v) is 4.65. The maximum Gasteiger partial charge on any atom is 0.0879 e. The van der Waals surface area contributed by atoms with Gasteiger partial charge in [0.15, 0.2) is 0 Å². The second-order valence-electron chi connectivity index (χ2n) is 4.65. The third-order valence-electron chi connectivity index (χ3n) is 3.65. The molecule has 3 rings (SSSR count). The van der Waals surface area contributed by atoms with Crippen LogP contribution in [0.1, 0.15) is 37.3 Å². The quantitative estimate of drug-likeness (QED) is 0.750. The normalized spacial score (nSPS) is 24.6. The first-order valence-corrected chi connectivity index (χ1v) is 6.06. The largest absolute Gasteiger partial charge is 0.257 e. The van der Waals surface area contributed by atoms with Crippen molar-refractivity contribution >= 4 is 5.52 Å². The van der Waals surface area contributed by atoms with Crippen molar-refractivity contribution in [1.29, 1.82) is 5.26 Å². The molecule has 1 aliphatic rings. The predicted molar refractivity (Wildman–Crippen MR) is 63.3 cm³/mol. The molecule has 0 atom stereocenters. The summed E-state index contributed by atoms with van der Waals surface area (Å²) in [6, 6.07) is 4.38. The van der Waals surface area contributed by atoms with E-state index >= 15 is 0 Å². The van der Waals surface area contributed by atoms with Gasteiger partial charge in [0.1, 0.15) is 0 Å². The van der Waals surface area contributed by atoms with Gasteiger partial charge in [-0.05, 0) is 31.7 Å². The lowest BCUT2D eigenvalue weighted by atomic mass is 9.81. The summed E-state index contributed by atoms with van der Waals surface area (Å²) in [5, 5.41) is 13.1. The van der Waals surface area contributed by atoms with Crippen LogP contribution in [-0.4, -0.2) is 14.6 Å². The molecule has 0 aromatic carbocycles. The summed E-state index contributed by atoms with van der Waals surface area (Å²) in [7, 11) is 0. The zero-order chi connectivity index (χ0) is 11.7. The Morgan fingerprint density at radius 2 is 2.06 bits per heavy atom. The lowest BCUT2D eigenvalue weighted by molar-refractivity contribution is 0.378. The fourth-order valence-corrected chi connectivity index (χ4v) is 2.69. The average molecular weight is 226 g/mol. The van der Waals surface area contributed by atoms with Crippen molar-refractivity contribution in [2.45, 2.75) is 31.6 Å². The first kappa shape index (κ1) is 10.3. The molecule has 0 amide bonds. The Hall–Kier alpha value is -1.89. The third kappa shape index (κ3) is 1.78. The molecule has 2 aromatic heterocycles. The fraction of sp³-hybridized carbons (Fsp3) is 0.462. The van der Waals surface area contributed by atoms with Crippen LogP contribution in [0.4, 0.5) is 0 Å². The molecular formula is C13H14N4. The number of nitriles is 1. The molecule has 1 aliphatic carbocycles. The molecule has 2 aromatic rings. The van der Waals surface area contributed by atoms with Gasteiger partial charge in [-0.25, -0.2) is 4.52 Å². The van der Waals surface area contributed by atoms with Gasteiger partial charge < -0.3 is 0 Å². The van der Waals surface area contributed by atoms with Gasteiger partial charge in [0, 0.05) is 24.2 Å². The van der Waals surface area contributed by atoms with Crippen molar-refractivity contribution in [1.82, 2.24) is 14.6 Å². The van der Waals surface area contributed by atoms with Crippen molar-refractivity contribution < 1.29 is 0 Å². The minimum atomic E-state index is 0.246. The van der Waals surface area contributed by atoms with E-state index in [2.05, 4.69) is 16.2 Å². The molecule has 0 radical (unpaired) electrons. The highest BCUT2D eigenvalue weighted by Gasteiger charge is 2.24. The molecule has 0 bridgehead atoms. The van der Waals surface area contributed by atoms with Gasteiger partial charge in [-0.1, -0.05) is 0 Å². The van der Waals surface area contributed by atoms with Crippen LogP contribution in [-0.2, 0) is 0 Å². The van der Waals surface area contributed by atoms with E-state index in [0.717, 1.165) is 36.9 Å². The first-order chi connectivity index (χ1) is 8.38. The van der Waals surface area contributed by atoms with E-state index in [0.29, 0.717) is 5.92 Å². The molecule has 86 valence electrons. The third-order valence-corrected chi connectivity index (χ3v) is 3.65. The Morgan fingerprint density at radius 3 is 2.82 bits per heavy atom. The zero-order valence-corrected chi connectivity index (χ0v) is 9.58. The molecule has 4 heteroatoms. The highest BCUT2D eigenvalue weighted by molar-refractivity contribution is 5.51. The standard InChI is InChI=1S/C13H14N4/c14-9-10-1-3-11(4-2-10)13-12-5-6-16-17(12)8-7-15-13/h5-8,10-11H,1-4H2. The van der Waals surface area contributed by atoms with Crippen LogP contribution in [0, 0.1) is 17.2 Å². The van der Waals surface area contributed by atoms with Crippen molar-refractivity contribution in [2.24, 2.45) is 5.92 Å². The summed E-state index contributed by atoms with van der Waals surface area (Å²) < 4.78 is 1.87. The van der Waals surface area contributed by atoms with Crippen LogP contribution in [0.5, 0.6) is 0 Å². The maximum atomic E-state index is 8.91. The lowest BCUT2D eigenvalue weighted by Crippen LogP contribution is -2.13. The zero-order valence-electron chi connectivity index (χ0n) is 9.58. The Labute approximate surface area is 99.9 Å². The van der Waals surface area contributed by atoms with Crippen LogP contribution in [0.2, 0.25) is 0 Å². The second kappa shape index (κ2) is 4.17. The number of rotatable bonds is 1. The van der Waals surface area contributed by atoms with E-state index in [-0.39, 0.29) is 5.92 Å². The molecule has 0 N–H and O–H groups in total. The van der Waals surface area contributed by atoms with E-state index < -0.39 is 0 Å². The van der Waals surface area contributed by atoms with Gasteiger partial charge in [0.2, 0.25) is 0 Å². The molecule has 17 heavy (non-hydrogen) atoms. The molecule has 2 heterocycles. The van der Waals surface area contributed by atoms with Gasteiger partial charge in [-0.2, -0.15) is 10.4 Å². The van der Waals surface area contributed by atoms with Crippen molar-refractivity contribution in [3.8, 4) is 6.07 Å². The van der Waals surface area contributed by atoms with Crippen molar-refractivity contribution in [3.63, 3.8) is 0 Å². The Bertz CT molecular complexity index is 558. The molecule has 0 spiro atoms. The average Bonchev–Trinajstić information content (AvgIpc) is 2.87. The number of fused-ring (bicyclic) bond motifs is 1. The summed E-state index contributed by atoms with van der Waals surface area (Å²) in [6.45, 7) is 0. The lowest BCUT2D eigenvalue weighted by Gasteiger charge is -2.24. The minimum Gasteiger partial charge on any atom is -0.257 e. The van der Waals surface area contributed by atoms with Gasteiger partial charge in [-0.3, -0.25) is 4.98 Å². The molecule has 1 fully saturated rings. The topological polar surface area (TPSA) is 54.0 Å². The van der Waals surface area contributed by atoms with Gasteiger partial charge in [0.25, 0.3) is 0 Å². The summed E-state index contributed by atoms with van der Waals surface area (Å²) in [5.41, 5.74) is 2.24. The van der Waals surface area contributed by atoms with E-state index in [4.69, 9.17) is 5.26 Å². The van der Waals surface area contributed by atoms with Gasteiger partial charge in [-0.15, -0.1) is 0 Å². The van der Waals surface area contributed by atoms with E-state index in [1.807, 2.05) is 23.0 Å². The Morgan fingerprint density at radius 1 is 1.24 bits per heavy atom. The smallest absolute Gasteiger partial charge is 0.0879 e. The number of nitrogens with zero attached hydrogens (tertiary/aromatic N) is 4. The van der Waals surface area contributed by atoms with Crippen LogP contribution in [0.15, 0.2) is 24.7 Å². The number of hydrogen-bond donors (Lipinski definition) is 0. The number of aromatic nitrogens is 3. The van der Waals surface area contributed by atoms with Crippen LogP contribution in [0.25, 0.3) is 5.52 Å². The van der Waals surface area contributed by atoms with Gasteiger partial charge in [0.05, 0.1) is 23.5 Å². The number of hydrogen-bond acceptors (Lipinski definition) is 3. The molecule has 1 saturated carbocycles. The minimum absolute atomic E-state index is 0.246. The summed E-state index contributed by atoms with van der Waals surface area (Å²) in [5.74, 6) is 0.732. The predicted octanol–water partition coefficient (Wildman–Crippen LogP) is 2.53. The van der Waals surface area contributed by atoms with Crippen LogP contribution < -0.4 is 0 Å². The summed E-state index contributed by atoms with van der Waals surface area (Å²) >= 11 is 0. The molecule has 0 unspecified atom stereocenters. The molecule has 4 nitrogen and oxygen atoms in total. The SMILES string of the molecule is N#CC1CCC(c2nccn3nccc23)CC1. The molecule has 0 saturated heterocycles.